The van der Waals surface area contributed by atoms with E-state index < -0.39 is 35.2 Å². The molecule has 0 aromatic heterocycles. The summed E-state index contributed by atoms with van der Waals surface area (Å²) in [6.45, 7) is -0.0749. The van der Waals surface area contributed by atoms with Crippen LogP contribution in [0.15, 0.2) is 0 Å². The van der Waals surface area contributed by atoms with E-state index in [0.29, 0.717) is 13.1 Å². The van der Waals surface area contributed by atoms with Crippen LogP contribution in [0.25, 0.3) is 0 Å². The zero-order valence-corrected chi connectivity index (χ0v) is 10.7. The van der Waals surface area contributed by atoms with Crippen molar-refractivity contribution in [1.29, 1.82) is 0 Å². The number of carboxylic acids is 1. The molecule has 0 aromatic rings. The number of carbonyl (C=O) groups excluding carboxylic acids is 1. The van der Waals surface area contributed by atoms with E-state index in [0.717, 1.165) is 19.3 Å². The fourth-order valence-corrected chi connectivity index (χ4v) is 2.82. The molecular weight excluding hydrogens is 262 g/mol. The second-order valence-corrected chi connectivity index (χ2v) is 5.71. The molecule has 1 saturated heterocycles. The van der Waals surface area contributed by atoms with Crippen LogP contribution in [-0.2, 0) is 19.8 Å². The molecule has 1 aliphatic heterocycles. The summed E-state index contributed by atoms with van der Waals surface area (Å²) < 4.78 is 26.9. The second kappa shape index (κ2) is 6.66. The lowest BCUT2D eigenvalue weighted by Crippen LogP contribution is -2.47. The molecular formula is C9H17N3O5S. The van der Waals surface area contributed by atoms with Crippen molar-refractivity contribution < 1.29 is 23.1 Å². The van der Waals surface area contributed by atoms with Crippen LogP contribution in [0.5, 0.6) is 0 Å². The molecule has 1 heterocycles. The number of carbonyl (C=O) groups is 2. The van der Waals surface area contributed by atoms with E-state index in [4.69, 9.17) is 5.11 Å². The molecule has 1 amide bonds. The van der Waals surface area contributed by atoms with Gasteiger partial charge in [0.2, 0.25) is 5.91 Å². The molecule has 3 N–H and O–H groups in total. The Morgan fingerprint density at radius 1 is 1.11 bits per heavy atom. The van der Waals surface area contributed by atoms with Crippen molar-refractivity contribution in [3.63, 3.8) is 0 Å². The van der Waals surface area contributed by atoms with Crippen LogP contribution in [0.3, 0.4) is 0 Å². The Hall–Kier alpha value is -1.19. The van der Waals surface area contributed by atoms with Gasteiger partial charge < -0.3 is 10.4 Å². The number of carboxylic acid groups (broad SMARTS) is 1. The molecule has 0 spiro atoms. The predicted molar refractivity (Wildman–Crippen MR) is 63.0 cm³/mol. The molecule has 9 heteroatoms. The Morgan fingerprint density at radius 3 is 2.28 bits per heavy atom. The number of rotatable bonds is 6. The van der Waals surface area contributed by atoms with E-state index in [1.165, 1.54) is 4.31 Å². The number of amides is 1. The molecule has 18 heavy (non-hydrogen) atoms. The largest absolute Gasteiger partial charge is 0.480 e. The van der Waals surface area contributed by atoms with Gasteiger partial charge in [-0.15, -0.1) is 0 Å². The van der Waals surface area contributed by atoms with Crippen LogP contribution in [0, 0.1) is 0 Å². The second-order valence-electron chi connectivity index (χ2n) is 3.96. The van der Waals surface area contributed by atoms with Gasteiger partial charge in [-0.2, -0.15) is 17.4 Å². The van der Waals surface area contributed by atoms with Crippen molar-refractivity contribution in [1.82, 2.24) is 14.3 Å². The maximum absolute atomic E-state index is 11.7. The third-order valence-electron chi connectivity index (χ3n) is 2.51. The Balaban J connectivity index is 2.36. The minimum atomic E-state index is -3.64. The first-order valence-corrected chi connectivity index (χ1v) is 7.09. The molecule has 8 nitrogen and oxygen atoms in total. The Bertz CT molecular complexity index is 402. The Labute approximate surface area is 106 Å². The molecule has 104 valence electrons. The summed E-state index contributed by atoms with van der Waals surface area (Å²) in [4.78, 5) is 21.3. The number of hydrogen-bond donors (Lipinski definition) is 3. The molecule has 1 rings (SSSR count). The fraction of sp³-hybridized carbons (Fsp3) is 0.778. The summed E-state index contributed by atoms with van der Waals surface area (Å²) in [5.74, 6) is -1.85. The molecule has 1 aliphatic rings. The quantitative estimate of drug-likeness (QED) is 0.547. The number of piperidine rings is 1. The summed E-state index contributed by atoms with van der Waals surface area (Å²) in [5, 5.41) is 10.4. The third-order valence-corrected chi connectivity index (χ3v) is 4.06. The minimum absolute atomic E-state index is 0.450. The fourth-order valence-electron chi connectivity index (χ4n) is 1.59. The van der Waals surface area contributed by atoms with Crippen molar-refractivity contribution in [2.24, 2.45) is 0 Å². The molecule has 0 aliphatic carbocycles. The predicted octanol–water partition coefficient (Wildman–Crippen LogP) is -1.49. The van der Waals surface area contributed by atoms with Gasteiger partial charge in [0.15, 0.2) is 0 Å². The van der Waals surface area contributed by atoms with E-state index in [1.807, 2.05) is 0 Å². The van der Waals surface area contributed by atoms with Gasteiger partial charge in [0.1, 0.15) is 6.54 Å². The van der Waals surface area contributed by atoms with Crippen LogP contribution in [0.4, 0.5) is 0 Å². The van der Waals surface area contributed by atoms with E-state index >= 15 is 0 Å². The van der Waals surface area contributed by atoms with E-state index in [-0.39, 0.29) is 0 Å². The lowest BCUT2D eigenvalue weighted by molar-refractivity contribution is -0.137. The first kappa shape index (κ1) is 14.9. The first-order chi connectivity index (χ1) is 8.42. The molecule has 0 radical (unpaired) electrons. The molecule has 0 saturated carbocycles. The van der Waals surface area contributed by atoms with Gasteiger partial charge in [-0.3, -0.25) is 9.59 Å². The van der Waals surface area contributed by atoms with Crippen molar-refractivity contribution in [3.05, 3.63) is 0 Å². The first-order valence-electron chi connectivity index (χ1n) is 5.65. The SMILES string of the molecule is O=C(O)CNC(=O)CNS(=O)(=O)N1CCCCC1. The van der Waals surface area contributed by atoms with Gasteiger partial charge >= 0.3 is 5.97 Å². The standard InChI is InChI=1S/C9H17N3O5S/c13-8(10-7-9(14)15)6-11-18(16,17)12-4-2-1-3-5-12/h11H,1-7H2,(H,10,13)(H,14,15). The van der Waals surface area contributed by atoms with Crippen LogP contribution < -0.4 is 10.0 Å². The Kier molecular flexibility index (Phi) is 5.51. The van der Waals surface area contributed by atoms with Crippen LogP contribution >= 0.6 is 0 Å². The average molecular weight is 279 g/mol. The lowest BCUT2D eigenvalue weighted by Gasteiger charge is -2.25. The van der Waals surface area contributed by atoms with E-state index in [2.05, 4.69) is 10.0 Å². The van der Waals surface area contributed by atoms with Crippen LogP contribution in [-0.4, -0.2) is 55.9 Å². The molecule has 1 fully saturated rings. The van der Waals surface area contributed by atoms with Crippen molar-refractivity contribution in [3.8, 4) is 0 Å². The zero-order chi connectivity index (χ0) is 13.6. The normalized spacial score (nSPS) is 17.3. The van der Waals surface area contributed by atoms with Gasteiger partial charge in [-0.05, 0) is 12.8 Å². The van der Waals surface area contributed by atoms with Gasteiger partial charge in [-0.1, -0.05) is 6.42 Å². The van der Waals surface area contributed by atoms with Gasteiger partial charge in [0, 0.05) is 13.1 Å². The number of nitrogens with one attached hydrogen (secondary N) is 2. The lowest BCUT2D eigenvalue weighted by atomic mass is 10.2. The number of aliphatic carboxylic acids is 1. The topological polar surface area (TPSA) is 116 Å². The summed E-state index contributed by atoms with van der Waals surface area (Å²) in [6, 6.07) is 0. The molecule has 0 aromatic carbocycles. The summed E-state index contributed by atoms with van der Waals surface area (Å²) >= 11 is 0. The molecule has 0 bridgehead atoms. The van der Waals surface area contributed by atoms with Crippen molar-refractivity contribution in [2.75, 3.05) is 26.2 Å². The smallest absolute Gasteiger partial charge is 0.322 e. The van der Waals surface area contributed by atoms with Gasteiger partial charge in [0.05, 0.1) is 6.54 Å². The molecule has 0 atom stereocenters. The molecule has 0 unspecified atom stereocenters. The van der Waals surface area contributed by atoms with E-state index in [1.54, 1.807) is 0 Å². The van der Waals surface area contributed by atoms with Crippen molar-refractivity contribution in [2.45, 2.75) is 19.3 Å². The monoisotopic (exact) mass is 279 g/mol. The summed E-state index contributed by atoms with van der Waals surface area (Å²) in [5.41, 5.74) is 0. The highest BCUT2D eigenvalue weighted by atomic mass is 32.2. The summed E-state index contributed by atoms with van der Waals surface area (Å²) in [7, 11) is -3.64. The van der Waals surface area contributed by atoms with E-state index in [9.17, 15) is 18.0 Å². The van der Waals surface area contributed by atoms with Gasteiger partial charge in [-0.25, -0.2) is 0 Å². The highest BCUT2D eigenvalue weighted by molar-refractivity contribution is 7.87. The average Bonchev–Trinajstić information content (AvgIpc) is 2.35. The Morgan fingerprint density at radius 2 is 1.72 bits per heavy atom. The minimum Gasteiger partial charge on any atom is -0.480 e. The number of hydrogen-bond acceptors (Lipinski definition) is 4. The number of nitrogens with zero attached hydrogens (tertiary/aromatic N) is 1. The maximum atomic E-state index is 11.7. The highest BCUT2D eigenvalue weighted by Crippen LogP contribution is 2.11. The summed E-state index contributed by atoms with van der Waals surface area (Å²) in [6.07, 6.45) is 2.63. The maximum Gasteiger partial charge on any atom is 0.322 e. The highest BCUT2D eigenvalue weighted by Gasteiger charge is 2.23. The van der Waals surface area contributed by atoms with Crippen molar-refractivity contribution >= 4 is 22.1 Å². The third kappa shape index (κ3) is 4.98. The van der Waals surface area contributed by atoms with Crippen LogP contribution in [0.2, 0.25) is 0 Å². The van der Waals surface area contributed by atoms with Gasteiger partial charge in [0.25, 0.3) is 10.2 Å². The zero-order valence-electron chi connectivity index (χ0n) is 9.89. The van der Waals surface area contributed by atoms with Crippen LogP contribution in [0.1, 0.15) is 19.3 Å².